The quantitative estimate of drug-likeness (QED) is 0.0224. The van der Waals surface area contributed by atoms with E-state index in [2.05, 4.69) is 79.0 Å². The van der Waals surface area contributed by atoms with Crippen LogP contribution in [0.3, 0.4) is 0 Å². The Hall–Kier alpha value is -7.50. The van der Waals surface area contributed by atoms with Gasteiger partial charge in [-0.2, -0.15) is 0 Å². The Balaban J connectivity index is 0.000000223. The van der Waals surface area contributed by atoms with Gasteiger partial charge in [0.05, 0.1) is 72.5 Å². The number of ether oxygens (including phenoxy) is 4. The number of benzene rings is 3. The lowest BCUT2D eigenvalue weighted by atomic mass is 10.1. The van der Waals surface area contributed by atoms with Crippen LogP contribution in [0.25, 0.3) is 43.9 Å². The minimum atomic E-state index is -0.481. The third-order valence-electron chi connectivity index (χ3n) is 17.1. The number of imide groups is 1. The van der Waals surface area contributed by atoms with Crippen molar-refractivity contribution in [2.45, 2.75) is 157 Å². The molecule has 3 aliphatic rings. The van der Waals surface area contributed by atoms with Crippen LogP contribution in [0.15, 0.2) is 60.7 Å². The van der Waals surface area contributed by atoms with Gasteiger partial charge in [0.2, 0.25) is 0 Å². The van der Waals surface area contributed by atoms with Gasteiger partial charge in [-0.25, -0.2) is 19.9 Å². The van der Waals surface area contributed by atoms with Crippen LogP contribution in [-0.4, -0.2) is 184 Å². The molecule has 22 heteroatoms. The lowest BCUT2D eigenvalue weighted by Gasteiger charge is -2.36. The van der Waals surface area contributed by atoms with Gasteiger partial charge < -0.3 is 55.1 Å². The number of carbonyl (C=O) groups is 4. The minimum Gasteiger partial charge on any atom is -0.460 e. The number of aromatic nitrogens is 6. The third-order valence-corrected chi connectivity index (χ3v) is 17.1. The molecule has 3 aromatic carbocycles. The van der Waals surface area contributed by atoms with Crippen molar-refractivity contribution in [3.05, 3.63) is 83.4 Å². The number of pyridine rings is 2. The van der Waals surface area contributed by atoms with Crippen LogP contribution in [0.1, 0.15) is 152 Å². The van der Waals surface area contributed by atoms with Gasteiger partial charge in [-0.1, -0.05) is 38.8 Å². The van der Waals surface area contributed by atoms with E-state index in [0.29, 0.717) is 75.2 Å². The van der Waals surface area contributed by atoms with Crippen LogP contribution in [-0.2, 0) is 54.5 Å². The van der Waals surface area contributed by atoms with E-state index < -0.39 is 11.2 Å². The Morgan fingerprint density at radius 2 is 0.924 bits per heavy atom. The first-order valence-electron chi connectivity index (χ1n) is 33.6. The molecule has 7 aromatic rings. The first-order chi connectivity index (χ1) is 44.2. The number of hydrogen-bond acceptors (Lipinski definition) is 19. The van der Waals surface area contributed by atoms with Crippen LogP contribution in [0.2, 0.25) is 0 Å². The number of imidazole rings is 2. The first kappa shape index (κ1) is 68.9. The Bertz CT molecular complexity index is 3610. The molecule has 6 N–H and O–H groups in total. The number of nitrogen functional groups attached to an aromatic ring is 2. The van der Waals surface area contributed by atoms with Gasteiger partial charge >= 0.3 is 11.9 Å². The van der Waals surface area contributed by atoms with E-state index in [4.69, 9.17) is 56.1 Å². The van der Waals surface area contributed by atoms with E-state index in [0.717, 1.165) is 191 Å². The van der Waals surface area contributed by atoms with Crippen molar-refractivity contribution in [1.82, 2.24) is 43.8 Å². The summed E-state index contributed by atoms with van der Waals surface area (Å²) in [6, 6.07) is 19.9. The Kier molecular flexibility index (Phi) is 23.9. The number of piperazine rings is 2. The van der Waals surface area contributed by atoms with Gasteiger partial charge in [0.15, 0.2) is 11.6 Å². The molecule has 3 aliphatic heterocycles. The molecule has 22 nitrogen and oxygen atoms in total. The summed E-state index contributed by atoms with van der Waals surface area (Å²) in [5, 5.41) is 2.13. The minimum absolute atomic E-state index is 0.214. The molecule has 7 heterocycles. The van der Waals surface area contributed by atoms with Crippen molar-refractivity contribution in [3.63, 3.8) is 0 Å². The summed E-state index contributed by atoms with van der Waals surface area (Å²) in [6.07, 6.45) is 10.0. The Morgan fingerprint density at radius 3 is 1.33 bits per heavy atom. The average molecular weight is 1270 g/mol. The third kappa shape index (κ3) is 17.8. The molecule has 0 atom stereocenters. The van der Waals surface area contributed by atoms with E-state index in [1.807, 2.05) is 41.5 Å². The largest absolute Gasteiger partial charge is 0.460 e. The maximum absolute atomic E-state index is 12.9. The maximum atomic E-state index is 12.9. The Morgan fingerprint density at radius 1 is 0.511 bits per heavy atom. The molecular formula is C70H100N14O8. The summed E-state index contributed by atoms with van der Waals surface area (Å²) in [6.45, 7) is 29.2. The van der Waals surface area contributed by atoms with Crippen molar-refractivity contribution in [2.75, 3.05) is 126 Å². The number of esters is 2. The SMILES string of the molecule is CCCCc1nc2c(N)nc3ccc(N4CCN(CCOCCC(=O)OC(C)(C)C)CC4)cc3c2n1CCCCN.CCCCc1nc2c(N)nc3ccc(N4CCN(CCOCCC(=O)OC(C)(C)C)CC4)cc3c2n1CCCCN1C(=O)c2ccccc2C1=O. The molecule has 0 aliphatic carbocycles. The van der Waals surface area contributed by atoms with Gasteiger partial charge in [-0.15, -0.1) is 0 Å². The number of aryl methyl sites for hydroxylation is 4. The van der Waals surface area contributed by atoms with E-state index in [1.54, 1.807) is 24.3 Å². The highest BCUT2D eigenvalue weighted by Gasteiger charge is 2.35. The fraction of sp³-hybridized carbons (Fsp3) is 0.571. The molecular weight excluding hydrogens is 1160 g/mol. The first-order valence-corrected chi connectivity index (χ1v) is 33.6. The second kappa shape index (κ2) is 31.9. The van der Waals surface area contributed by atoms with Crippen LogP contribution in [0.5, 0.6) is 0 Å². The second-order valence-corrected chi connectivity index (χ2v) is 26.4. The predicted octanol–water partition coefficient (Wildman–Crippen LogP) is 9.57. The highest BCUT2D eigenvalue weighted by molar-refractivity contribution is 6.21. The molecule has 0 radical (unpaired) electrons. The van der Waals surface area contributed by atoms with E-state index >= 15 is 0 Å². The lowest BCUT2D eigenvalue weighted by Crippen LogP contribution is -2.47. The molecule has 92 heavy (non-hydrogen) atoms. The van der Waals surface area contributed by atoms with Crippen molar-refractivity contribution >= 4 is 90.6 Å². The van der Waals surface area contributed by atoms with Crippen molar-refractivity contribution < 1.29 is 38.1 Å². The summed E-state index contributed by atoms with van der Waals surface area (Å²) in [5.41, 5.74) is 26.5. The summed E-state index contributed by atoms with van der Waals surface area (Å²) in [5.74, 6) is 2.12. The number of nitrogens with zero attached hydrogens (tertiary/aromatic N) is 11. The van der Waals surface area contributed by atoms with Gasteiger partial charge in [0, 0.05) is 120 Å². The van der Waals surface area contributed by atoms with Crippen molar-refractivity contribution in [3.8, 4) is 0 Å². The van der Waals surface area contributed by atoms with Gasteiger partial charge in [-0.3, -0.25) is 33.9 Å². The summed E-state index contributed by atoms with van der Waals surface area (Å²) >= 11 is 0. The molecule has 2 saturated heterocycles. The fourth-order valence-electron chi connectivity index (χ4n) is 12.4. The zero-order valence-corrected chi connectivity index (χ0v) is 55.9. The van der Waals surface area contributed by atoms with Crippen LogP contribution < -0.4 is 27.0 Å². The molecule has 498 valence electrons. The van der Waals surface area contributed by atoms with Crippen LogP contribution >= 0.6 is 0 Å². The lowest BCUT2D eigenvalue weighted by molar-refractivity contribution is -0.157. The second-order valence-electron chi connectivity index (χ2n) is 26.4. The standard InChI is InChI=1S/C39H51N7O5.C31H49N7O3/c1-5-6-13-32-42-34-35(45(32)17-9-10-18-46-37(48)28-11-7-8-12-29(28)38(46)49)30-26-27(14-15-31(30)41-36(34)40)44-21-19-43(20-22-44)23-25-50-24-16-33(47)51-39(2,3)4;1-5-6-9-26-35-28-29(38(26)14-8-7-13-32)24-22-23(10-11-25(24)34-30(28)33)37-17-15-36(16-18-37)19-21-40-20-12-27(39)41-31(2,3)4/h7-8,11-12,14-15,26H,5-6,9-10,13,16-25H2,1-4H3,(H2,40,41);10-11,22H,5-9,12-21,32H2,1-4H3,(H2,33,34). The zero-order valence-electron chi connectivity index (χ0n) is 55.9. The number of nitrogens with two attached hydrogens (primary N) is 3. The number of rotatable bonds is 29. The number of hydrogen-bond donors (Lipinski definition) is 3. The number of amides is 2. The highest BCUT2D eigenvalue weighted by atomic mass is 16.6. The summed E-state index contributed by atoms with van der Waals surface area (Å²) < 4.78 is 26.8. The topological polar surface area (TPSA) is 261 Å². The maximum Gasteiger partial charge on any atom is 0.308 e. The normalized spacial score (nSPS) is 15.1. The van der Waals surface area contributed by atoms with Gasteiger partial charge in [0.1, 0.15) is 33.9 Å². The molecule has 0 saturated carbocycles. The smallest absolute Gasteiger partial charge is 0.308 e. The van der Waals surface area contributed by atoms with Crippen molar-refractivity contribution in [2.24, 2.45) is 5.73 Å². The van der Waals surface area contributed by atoms with E-state index in [-0.39, 0.29) is 36.6 Å². The fourth-order valence-corrected chi connectivity index (χ4v) is 12.4. The number of unbranched alkanes of at least 4 members (excludes halogenated alkanes) is 4. The molecule has 0 bridgehead atoms. The Labute approximate surface area is 542 Å². The summed E-state index contributed by atoms with van der Waals surface area (Å²) in [4.78, 5) is 80.1. The number of anilines is 4. The van der Waals surface area contributed by atoms with Crippen molar-refractivity contribution in [1.29, 1.82) is 0 Å². The van der Waals surface area contributed by atoms with E-state index in [1.165, 1.54) is 10.6 Å². The molecule has 0 unspecified atom stereocenters. The highest BCUT2D eigenvalue weighted by Crippen LogP contribution is 2.35. The zero-order chi connectivity index (χ0) is 65.5. The number of carbonyl (C=O) groups excluding carboxylic acids is 4. The van der Waals surface area contributed by atoms with E-state index in [9.17, 15) is 19.2 Å². The number of fused-ring (bicyclic) bond motifs is 7. The van der Waals surface area contributed by atoms with Crippen LogP contribution in [0, 0.1) is 0 Å². The van der Waals surface area contributed by atoms with Crippen LogP contribution in [0.4, 0.5) is 23.0 Å². The summed E-state index contributed by atoms with van der Waals surface area (Å²) in [7, 11) is 0. The molecule has 2 fully saturated rings. The average Bonchev–Trinajstić information content (AvgIpc) is 1.55. The van der Waals surface area contributed by atoms with Gasteiger partial charge in [0.25, 0.3) is 11.8 Å². The van der Waals surface area contributed by atoms with Gasteiger partial charge in [-0.05, 0) is 135 Å². The molecule has 0 spiro atoms. The molecule has 2 amide bonds. The molecule has 10 rings (SSSR count). The predicted molar refractivity (Wildman–Crippen MR) is 365 cm³/mol. The monoisotopic (exact) mass is 1260 g/mol. The molecule has 4 aromatic heterocycles.